The molecular weight excluding hydrogens is 272 g/mol. The molecule has 0 aliphatic heterocycles. The summed E-state index contributed by atoms with van der Waals surface area (Å²) in [5, 5.41) is 8.87. The number of hydrogen-bond donors (Lipinski definition) is 0. The molecule has 0 amide bonds. The van der Waals surface area contributed by atoms with Gasteiger partial charge in [-0.15, -0.1) is 10.2 Å². The van der Waals surface area contributed by atoms with E-state index < -0.39 is 0 Å². The Morgan fingerprint density at radius 3 is 2.60 bits per heavy atom. The maximum absolute atomic E-state index is 5.96. The summed E-state index contributed by atoms with van der Waals surface area (Å²) in [6.07, 6.45) is 0.583. The van der Waals surface area contributed by atoms with Crippen LogP contribution >= 0.6 is 11.6 Å². The smallest absolute Gasteiger partial charge is 0.247 e. The molecule has 0 aliphatic carbocycles. The summed E-state index contributed by atoms with van der Waals surface area (Å²) in [5.41, 5.74) is 3.18. The Kier molecular flexibility index (Phi) is 3.52. The van der Waals surface area contributed by atoms with Gasteiger partial charge in [0.25, 0.3) is 0 Å². The molecule has 1 heterocycles. The number of halogens is 1. The number of aromatic nitrogens is 2. The van der Waals surface area contributed by atoms with Gasteiger partial charge in [0.05, 0.1) is 6.42 Å². The summed E-state index contributed by atoms with van der Waals surface area (Å²) >= 11 is 5.96. The van der Waals surface area contributed by atoms with Crippen molar-refractivity contribution in [2.75, 3.05) is 0 Å². The van der Waals surface area contributed by atoms with Crippen LogP contribution in [-0.4, -0.2) is 10.2 Å². The zero-order chi connectivity index (χ0) is 13.9. The molecule has 3 rings (SSSR count). The standard InChI is InChI=1S/C16H13ClN2O/c1-11-5-7-13(8-6-11)16-19-18-15(20-16)10-12-3-2-4-14(17)9-12/h2-9H,10H2,1H3. The normalized spacial score (nSPS) is 10.7. The van der Waals surface area contributed by atoms with Crippen molar-refractivity contribution in [2.24, 2.45) is 0 Å². The first kappa shape index (κ1) is 12.9. The third-order valence-corrected chi connectivity index (χ3v) is 3.24. The second-order valence-electron chi connectivity index (χ2n) is 4.67. The predicted molar refractivity (Wildman–Crippen MR) is 78.7 cm³/mol. The van der Waals surface area contributed by atoms with Crippen LogP contribution in [0.15, 0.2) is 52.9 Å². The highest BCUT2D eigenvalue weighted by molar-refractivity contribution is 6.30. The molecular formula is C16H13ClN2O. The number of hydrogen-bond acceptors (Lipinski definition) is 3. The molecule has 3 aromatic rings. The van der Waals surface area contributed by atoms with E-state index in [0.29, 0.717) is 23.2 Å². The summed E-state index contributed by atoms with van der Waals surface area (Å²) in [4.78, 5) is 0. The van der Waals surface area contributed by atoms with Crippen molar-refractivity contribution in [3.05, 3.63) is 70.6 Å². The van der Waals surface area contributed by atoms with Gasteiger partial charge in [0.15, 0.2) is 0 Å². The maximum atomic E-state index is 5.96. The molecule has 0 saturated heterocycles. The molecule has 4 heteroatoms. The SMILES string of the molecule is Cc1ccc(-c2nnc(Cc3cccc(Cl)c3)o2)cc1. The number of aryl methyl sites for hydroxylation is 1. The molecule has 1 aromatic heterocycles. The van der Waals surface area contributed by atoms with Crippen LogP contribution in [0.25, 0.3) is 11.5 Å². The first-order valence-electron chi connectivity index (χ1n) is 6.34. The lowest BCUT2D eigenvalue weighted by atomic mass is 10.1. The Morgan fingerprint density at radius 1 is 1.05 bits per heavy atom. The first-order valence-corrected chi connectivity index (χ1v) is 6.72. The third kappa shape index (κ3) is 2.89. The van der Waals surface area contributed by atoms with E-state index in [0.717, 1.165) is 11.1 Å². The van der Waals surface area contributed by atoms with Gasteiger partial charge in [-0.25, -0.2) is 0 Å². The van der Waals surface area contributed by atoms with Gasteiger partial charge in [-0.05, 0) is 36.8 Å². The minimum atomic E-state index is 0.544. The Bertz CT molecular complexity index is 719. The van der Waals surface area contributed by atoms with Gasteiger partial charge in [0.2, 0.25) is 11.8 Å². The highest BCUT2D eigenvalue weighted by Crippen LogP contribution is 2.20. The van der Waals surface area contributed by atoms with Gasteiger partial charge in [0, 0.05) is 10.6 Å². The zero-order valence-corrected chi connectivity index (χ0v) is 11.8. The Hall–Kier alpha value is -2.13. The van der Waals surface area contributed by atoms with Crippen molar-refractivity contribution in [3.63, 3.8) is 0 Å². The van der Waals surface area contributed by atoms with Crippen LogP contribution in [0.4, 0.5) is 0 Å². The lowest BCUT2D eigenvalue weighted by Gasteiger charge is -1.98. The van der Waals surface area contributed by atoms with Crippen LogP contribution in [-0.2, 0) is 6.42 Å². The van der Waals surface area contributed by atoms with E-state index in [9.17, 15) is 0 Å². The second-order valence-corrected chi connectivity index (χ2v) is 5.11. The first-order chi connectivity index (χ1) is 9.70. The molecule has 0 aliphatic rings. The van der Waals surface area contributed by atoms with Gasteiger partial charge in [-0.1, -0.05) is 41.4 Å². The van der Waals surface area contributed by atoms with E-state index >= 15 is 0 Å². The molecule has 0 N–H and O–H groups in total. The molecule has 0 saturated carbocycles. The van der Waals surface area contributed by atoms with E-state index in [-0.39, 0.29) is 0 Å². The van der Waals surface area contributed by atoms with Crippen LogP contribution in [0.1, 0.15) is 17.0 Å². The quantitative estimate of drug-likeness (QED) is 0.720. The molecule has 0 fully saturated rings. The molecule has 3 nitrogen and oxygen atoms in total. The van der Waals surface area contributed by atoms with Crippen LogP contribution in [0.2, 0.25) is 5.02 Å². The largest absolute Gasteiger partial charge is 0.420 e. The molecule has 0 spiro atoms. The fourth-order valence-corrected chi connectivity index (χ4v) is 2.17. The summed E-state index contributed by atoms with van der Waals surface area (Å²) in [7, 11) is 0. The van der Waals surface area contributed by atoms with E-state index in [1.54, 1.807) is 0 Å². The molecule has 0 unspecified atom stereocenters. The van der Waals surface area contributed by atoms with E-state index in [2.05, 4.69) is 10.2 Å². The van der Waals surface area contributed by atoms with Crippen molar-refractivity contribution < 1.29 is 4.42 Å². The van der Waals surface area contributed by atoms with Gasteiger partial charge in [-0.3, -0.25) is 0 Å². The Balaban J connectivity index is 1.82. The minimum Gasteiger partial charge on any atom is -0.420 e. The summed E-state index contributed by atoms with van der Waals surface area (Å²) < 4.78 is 5.69. The summed E-state index contributed by atoms with van der Waals surface area (Å²) in [5.74, 6) is 1.13. The molecule has 2 aromatic carbocycles. The van der Waals surface area contributed by atoms with E-state index in [4.69, 9.17) is 16.0 Å². The molecule has 100 valence electrons. The molecule has 0 radical (unpaired) electrons. The minimum absolute atomic E-state index is 0.544. The monoisotopic (exact) mass is 284 g/mol. The summed E-state index contributed by atoms with van der Waals surface area (Å²) in [6.45, 7) is 2.04. The van der Waals surface area contributed by atoms with Crippen LogP contribution < -0.4 is 0 Å². The van der Waals surface area contributed by atoms with Crippen molar-refractivity contribution in [3.8, 4) is 11.5 Å². The Morgan fingerprint density at radius 2 is 1.85 bits per heavy atom. The number of benzene rings is 2. The average molecular weight is 285 g/mol. The highest BCUT2D eigenvalue weighted by atomic mass is 35.5. The fourth-order valence-electron chi connectivity index (χ4n) is 1.96. The topological polar surface area (TPSA) is 38.9 Å². The third-order valence-electron chi connectivity index (χ3n) is 3.01. The van der Waals surface area contributed by atoms with Gasteiger partial charge in [-0.2, -0.15) is 0 Å². The predicted octanol–water partition coefficient (Wildman–Crippen LogP) is 4.29. The van der Waals surface area contributed by atoms with Gasteiger partial charge >= 0.3 is 0 Å². The van der Waals surface area contributed by atoms with Gasteiger partial charge in [0.1, 0.15) is 0 Å². The lowest BCUT2D eigenvalue weighted by molar-refractivity contribution is 0.518. The molecule has 20 heavy (non-hydrogen) atoms. The maximum Gasteiger partial charge on any atom is 0.247 e. The second kappa shape index (κ2) is 5.47. The average Bonchev–Trinajstić information content (AvgIpc) is 2.88. The molecule has 0 atom stereocenters. The van der Waals surface area contributed by atoms with Crippen LogP contribution in [0, 0.1) is 6.92 Å². The van der Waals surface area contributed by atoms with Crippen LogP contribution in [0.3, 0.4) is 0 Å². The summed E-state index contributed by atoms with van der Waals surface area (Å²) in [6, 6.07) is 15.6. The van der Waals surface area contributed by atoms with Crippen molar-refractivity contribution >= 4 is 11.6 Å². The van der Waals surface area contributed by atoms with Crippen molar-refractivity contribution in [2.45, 2.75) is 13.3 Å². The lowest BCUT2D eigenvalue weighted by Crippen LogP contribution is -1.87. The fraction of sp³-hybridized carbons (Fsp3) is 0.125. The Labute approximate surface area is 122 Å². The zero-order valence-electron chi connectivity index (χ0n) is 11.0. The van der Waals surface area contributed by atoms with E-state index in [1.165, 1.54) is 5.56 Å². The van der Waals surface area contributed by atoms with E-state index in [1.807, 2.05) is 55.5 Å². The number of nitrogens with zero attached hydrogens (tertiary/aromatic N) is 2. The van der Waals surface area contributed by atoms with Crippen molar-refractivity contribution in [1.82, 2.24) is 10.2 Å². The molecule has 0 bridgehead atoms. The van der Waals surface area contributed by atoms with Crippen molar-refractivity contribution in [1.29, 1.82) is 0 Å². The number of rotatable bonds is 3. The van der Waals surface area contributed by atoms with Crippen LogP contribution in [0.5, 0.6) is 0 Å². The highest BCUT2D eigenvalue weighted by Gasteiger charge is 2.09. The van der Waals surface area contributed by atoms with Gasteiger partial charge < -0.3 is 4.42 Å².